The first-order valence-electron chi connectivity index (χ1n) is 12.8. The molecule has 2 unspecified atom stereocenters. The summed E-state index contributed by atoms with van der Waals surface area (Å²) < 4.78 is 5.32. The number of nitrogens with zero attached hydrogens (tertiary/aromatic N) is 1. The zero-order valence-electron chi connectivity index (χ0n) is 22.5. The molecule has 0 spiro atoms. The van der Waals surface area contributed by atoms with E-state index in [-0.39, 0.29) is 11.9 Å². The molecule has 9 nitrogen and oxygen atoms in total. The van der Waals surface area contributed by atoms with E-state index in [1.807, 2.05) is 39.0 Å². The Hall–Kier alpha value is -3.10. The monoisotopic (exact) mass is 502 g/mol. The van der Waals surface area contributed by atoms with Gasteiger partial charge in [0.2, 0.25) is 17.7 Å². The third-order valence-corrected chi connectivity index (χ3v) is 6.19. The molecule has 0 saturated heterocycles. The number of alkyl carbamates (subject to hydrolysis) is 1. The Morgan fingerprint density at radius 1 is 1.17 bits per heavy atom. The Kier molecular flexibility index (Phi) is 10.3. The van der Waals surface area contributed by atoms with Gasteiger partial charge in [-0.05, 0) is 71.4 Å². The summed E-state index contributed by atoms with van der Waals surface area (Å²) in [4.78, 5) is 53.6. The molecule has 0 aliphatic heterocycles. The molecule has 0 aromatic heterocycles. The van der Waals surface area contributed by atoms with Crippen molar-refractivity contribution in [1.82, 2.24) is 15.5 Å². The fourth-order valence-corrected chi connectivity index (χ4v) is 4.25. The first-order chi connectivity index (χ1) is 16.8. The lowest BCUT2D eigenvalue weighted by Gasteiger charge is -2.44. The molecule has 0 heterocycles. The molecule has 1 fully saturated rings. The lowest BCUT2D eigenvalue weighted by atomic mass is 9.87. The number of carbonyl (C=O) groups excluding carboxylic acids is 4. The maximum atomic E-state index is 14.0. The van der Waals surface area contributed by atoms with Crippen molar-refractivity contribution in [3.8, 4) is 0 Å². The van der Waals surface area contributed by atoms with Crippen LogP contribution in [0.25, 0.3) is 0 Å². The van der Waals surface area contributed by atoms with Gasteiger partial charge in [-0.15, -0.1) is 0 Å². The number of aryl methyl sites for hydroxylation is 2. The van der Waals surface area contributed by atoms with Gasteiger partial charge in [0, 0.05) is 12.6 Å². The smallest absolute Gasteiger partial charge is 0.408 e. The molecule has 9 heteroatoms. The molecule has 36 heavy (non-hydrogen) atoms. The van der Waals surface area contributed by atoms with E-state index in [1.165, 1.54) is 0 Å². The average Bonchev–Trinajstić information content (AvgIpc) is 2.70. The molecule has 200 valence electrons. The summed E-state index contributed by atoms with van der Waals surface area (Å²) in [6.45, 7) is 11.5. The zero-order chi connectivity index (χ0) is 27.0. The van der Waals surface area contributed by atoms with Gasteiger partial charge in [-0.2, -0.15) is 0 Å². The van der Waals surface area contributed by atoms with E-state index < -0.39 is 42.0 Å². The molecule has 2 rings (SSSR count). The number of hydrogen-bond donors (Lipinski definition) is 3. The van der Waals surface area contributed by atoms with Crippen LogP contribution in [0.1, 0.15) is 89.0 Å². The standard InChI is InChI=1S/C27H42N4O5/c1-7-8-14-29-24(33)23(20-13-12-17(2)15-18(20)3)31(19-10-9-11-19)25(34)21(16-22(28)32)30-26(35)36-27(4,5)6/h12-13,15,19,21,23H,7-11,14,16H2,1-6H3,(H2,28,32)(H,29,33)(H,30,35). The summed E-state index contributed by atoms with van der Waals surface area (Å²) in [7, 11) is 0. The second-order valence-electron chi connectivity index (χ2n) is 10.6. The molecular weight excluding hydrogens is 460 g/mol. The molecule has 1 aromatic carbocycles. The second-order valence-corrected chi connectivity index (χ2v) is 10.6. The highest BCUT2D eigenvalue weighted by Crippen LogP contribution is 2.35. The second kappa shape index (κ2) is 12.7. The van der Waals surface area contributed by atoms with E-state index in [0.29, 0.717) is 12.1 Å². The van der Waals surface area contributed by atoms with Crippen LogP contribution in [0, 0.1) is 13.8 Å². The van der Waals surface area contributed by atoms with Crippen LogP contribution < -0.4 is 16.4 Å². The van der Waals surface area contributed by atoms with Crippen LogP contribution in [0.15, 0.2) is 18.2 Å². The van der Waals surface area contributed by atoms with Crippen LogP contribution in [-0.2, 0) is 19.1 Å². The molecule has 4 amide bonds. The fourth-order valence-electron chi connectivity index (χ4n) is 4.25. The van der Waals surface area contributed by atoms with Crippen LogP contribution in [0.2, 0.25) is 0 Å². The van der Waals surface area contributed by atoms with Gasteiger partial charge < -0.3 is 26.0 Å². The summed E-state index contributed by atoms with van der Waals surface area (Å²) in [6, 6.07) is 3.41. The largest absolute Gasteiger partial charge is 0.444 e. The number of amides is 4. The lowest BCUT2D eigenvalue weighted by Crippen LogP contribution is -2.58. The van der Waals surface area contributed by atoms with Crippen LogP contribution in [0.4, 0.5) is 4.79 Å². The number of rotatable bonds is 11. The van der Waals surface area contributed by atoms with E-state index in [2.05, 4.69) is 10.6 Å². The van der Waals surface area contributed by atoms with E-state index >= 15 is 0 Å². The number of ether oxygens (including phenoxy) is 1. The van der Waals surface area contributed by atoms with E-state index in [4.69, 9.17) is 10.5 Å². The van der Waals surface area contributed by atoms with Crippen molar-refractivity contribution in [2.24, 2.45) is 5.73 Å². The predicted molar refractivity (Wildman–Crippen MR) is 138 cm³/mol. The van der Waals surface area contributed by atoms with Gasteiger partial charge in [-0.3, -0.25) is 14.4 Å². The Bertz CT molecular complexity index is 952. The third kappa shape index (κ3) is 8.24. The highest BCUT2D eigenvalue weighted by molar-refractivity contribution is 5.95. The quantitative estimate of drug-likeness (QED) is 0.399. The van der Waals surface area contributed by atoms with Crippen molar-refractivity contribution in [3.05, 3.63) is 34.9 Å². The number of benzene rings is 1. The summed E-state index contributed by atoms with van der Waals surface area (Å²) in [6.07, 6.45) is 2.87. The highest BCUT2D eigenvalue weighted by atomic mass is 16.6. The van der Waals surface area contributed by atoms with Crippen molar-refractivity contribution < 1.29 is 23.9 Å². The zero-order valence-corrected chi connectivity index (χ0v) is 22.5. The van der Waals surface area contributed by atoms with E-state index in [0.717, 1.165) is 43.2 Å². The van der Waals surface area contributed by atoms with Gasteiger partial charge in [-0.1, -0.05) is 37.1 Å². The Balaban J connectivity index is 2.50. The first-order valence-corrected chi connectivity index (χ1v) is 12.8. The fraction of sp³-hybridized carbons (Fsp3) is 0.630. The summed E-state index contributed by atoms with van der Waals surface area (Å²) >= 11 is 0. The van der Waals surface area contributed by atoms with E-state index in [1.54, 1.807) is 25.7 Å². The number of carbonyl (C=O) groups is 4. The minimum Gasteiger partial charge on any atom is -0.444 e. The van der Waals surface area contributed by atoms with Crippen LogP contribution >= 0.6 is 0 Å². The summed E-state index contributed by atoms with van der Waals surface area (Å²) in [5, 5.41) is 5.50. The van der Waals surface area contributed by atoms with E-state index in [9.17, 15) is 19.2 Å². The minimum atomic E-state index is -1.25. The van der Waals surface area contributed by atoms with Gasteiger partial charge in [0.25, 0.3) is 0 Å². The van der Waals surface area contributed by atoms with Gasteiger partial charge in [0.15, 0.2) is 0 Å². The van der Waals surface area contributed by atoms with Crippen molar-refractivity contribution in [2.75, 3.05) is 6.54 Å². The van der Waals surface area contributed by atoms with Gasteiger partial charge in [0.05, 0.1) is 6.42 Å². The highest BCUT2D eigenvalue weighted by Gasteiger charge is 2.42. The number of primary amides is 1. The normalized spacial score (nSPS) is 15.3. The molecule has 4 N–H and O–H groups in total. The average molecular weight is 503 g/mol. The molecule has 1 aromatic rings. The van der Waals surface area contributed by atoms with Crippen LogP contribution in [0.5, 0.6) is 0 Å². The molecule has 1 aliphatic rings. The molecule has 2 atom stereocenters. The third-order valence-electron chi connectivity index (χ3n) is 6.19. The first kappa shape index (κ1) is 29.1. The topological polar surface area (TPSA) is 131 Å². The molecule has 0 bridgehead atoms. The number of nitrogens with one attached hydrogen (secondary N) is 2. The number of hydrogen-bond acceptors (Lipinski definition) is 5. The maximum absolute atomic E-state index is 14.0. The van der Waals surface area contributed by atoms with Crippen LogP contribution in [0.3, 0.4) is 0 Å². The van der Waals surface area contributed by atoms with Crippen molar-refractivity contribution in [3.63, 3.8) is 0 Å². The van der Waals surface area contributed by atoms with Gasteiger partial charge in [0.1, 0.15) is 17.7 Å². The summed E-state index contributed by atoms with van der Waals surface area (Å²) in [5.74, 6) is -1.56. The molecular formula is C27H42N4O5. The maximum Gasteiger partial charge on any atom is 0.408 e. The number of unbranched alkanes of at least 4 members (excludes halogenated alkanes) is 1. The number of nitrogens with two attached hydrogens (primary N) is 1. The lowest BCUT2D eigenvalue weighted by molar-refractivity contribution is -0.148. The molecule has 1 aliphatic carbocycles. The molecule has 1 saturated carbocycles. The van der Waals surface area contributed by atoms with Crippen molar-refractivity contribution >= 4 is 23.8 Å². The van der Waals surface area contributed by atoms with Crippen molar-refractivity contribution in [1.29, 1.82) is 0 Å². The Labute approximate surface area is 214 Å². The SMILES string of the molecule is CCCCNC(=O)C(c1ccc(C)cc1C)N(C(=O)C(CC(N)=O)NC(=O)OC(C)(C)C)C1CCC1. The van der Waals surface area contributed by atoms with Crippen LogP contribution in [-0.4, -0.2) is 52.9 Å². The minimum absolute atomic E-state index is 0.198. The van der Waals surface area contributed by atoms with Gasteiger partial charge >= 0.3 is 6.09 Å². The summed E-state index contributed by atoms with van der Waals surface area (Å²) in [5.41, 5.74) is 7.29. The Morgan fingerprint density at radius 2 is 1.83 bits per heavy atom. The Morgan fingerprint density at radius 3 is 2.33 bits per heavy atom. The van der Waals surface area contributed by atoms with Crippen molar-refractivity contribution in [2.45, 2.75) is 104 Å². The molecule has 0 radical (unpaired) electrons. The van der Waals surface area contributed by atoms with Gasteiger partial charge in [-0.25, -0.2) is 4.79 Å². The predicted octanol–water partition coefficient (Wildman–Crippen LogP) is 3.41.